The summed E-state index contributed by atoms with van der Waals surface area (Å²) in [6, 6.07) is 3.54. The van der Waals surface area contributed by atoms with E-state index in [1.165, 1.54) is 0 Å². The molecular formula is C11H11ClO4. The second kappa shape index (κ2) is 4.61. The molecule has 1 heterocycles. The molecule has 86 valence electrons. The number of rotatable bonds is 3. The number of fused-ring (bicyclic) bond motifs is 1. The van der Waals surface area contributed by atoms with Gasteiger partial charge in [-0.05, 0) is 18.1 Å². The van der Waals surface area contributed by atoms with Crippen molar-refractivity contribution < 1.29 is 19.4 Å². The third-order valence-corrected chi connectivity index (χ3v) is 2.75. The summed E-state index contributed by atoms with van der Waals surface area (Å²) < 4.78 is 10.8. The van der Waals surface area contributed by atoms with E-state index in [9.17, 15) is 4.79 Å². The van der Waals surface area contributed by atoms with Crippen LogP contribution in [0.2, 0.25) is 5.02 Å². The zero-order chi connectivity index (χ0) is 11.5. The van der Waals surface area contributed by atoms with E-state index in [1.807, 2.05) is 0 Å². The smallest absolute Gasteiger partial charge is 0.303 e. The van der Waals surface area contributed by atoms with Gasteiger partial charge in [0.15, 0.2) is 11.5 Å². The minimum Gasteiger partial charge on any atom is -0.486 e. The van der Waals surface area contributed by atoms with Gasteiger partial charge in [-0.2, -0.15) is 0 Å². The third kappa shape index (κ3) is 2.22. The maximum absolute atomic E-state index is 10.5. The zero-order valence-electron chi connectivity index (χ0n) is 8.53. The predicted octanol–water partition coefficient (Wildman–Crippen LogP) is 2.13. The highest BCUT2D eigenvalue weighted by Gasteiger charge is 2.18. The van der Waals surface area contributed by atoms with Gasteiger partial charge >= 0.3 is 5.97 Å². The van der Waals surface area contributed by atoms with Gasteiger partial charge in [0.25, 0.3) is 0 Å². The second-order valence-electron chi connectivity index (χ2n) is 3.46. The van der Waals surface area contributed by atoms with Gasteiger partial charge in [-0.3, -0.25) is 4.79 Å². The molecule has 16 heavy (non-hydrogen) atoms. The molecule has 4 nitrogen and oxygen atoms in total. The SMILES string of the molecule is O=C(O)CCc1ccc2c(c1Cl)OCCO2. The van der Waals surface area contributed by atoms with Crippen molar-refractivity contribution in [1.82, 2.24) is 0 Å². The highest BCUT2D eigenvalue weighted by Crippen LogP contribution is 2.39. The van der Waals surface area contributed by atoms with Crippen LogP contribution in [0, 0.1) is 0 Å². The van der Waals surface area contributed by atoms with Crippen LogP contribution in [0.1, 0.15) is 12.0 Å². The summed E-state index contributed by atoms with van der Waals surface area (Å²) in [5.74, 6) is 0.303. The predicted molar refractivity (Wildman–Crippen MR) is 58.4 cm³/mol. The molecule has 0 aromatic heterocycles. The Labute approximate surface area is 97.7 Å². The lowest BCUT2D eigenvalue weighted by Gasteiger charge is -2.20. The van der Waals surface area contributed by atoms with Gasteiger partial charge in [0.2, 0.25) is 0 Å². The summed E-state index contributed by atoms with van der Waals surface area (Å²) in [7, 11) is 0. The molecule has 5 heteroatoms. The molecule has 0 radical (unpaired) electrons. The van der Waals surface area contributed by atoms with Crippen molar-refractivity contribution in [2.24, 2.45) is 0 Å². The summed E-state index contributed by atoms with van der Waals surface area (Å²) in [4.78, 5) is 10.5. The van der Waals surface area contributed by atoms with Gasteiger partial charge in [-0.25, -0.2) is 0 Å². The number of carbonyl (C=O) groups is 1. The van der Waals surface area contributed by atoms with Crippen molar-refractivity contribution >= 4 is 17.6 Å². The number of aliphatic carboxylic acids is 1. The van der Waals surface area contributed by atoms with E-state index in [0.717, 1.165) is 5.56 Å². The number of carboxylic acid groups (broad SMARTS) is 1. The third-order valence-electron chi connectivity index (χ3n) is 2.34. The van der Waals surface area contributed by atoms with E-state index in [1.54, 1.807) is 12.1 Å². The molecule has 0 atom stereocenters. The summed E-state index contributed by atoms with van der Waals surface area (Å²) in [6.07, 6.45) is 0.449. The lowest BCUT2D eigenvalue weighted by molar-refractivity contribution is -0.136. The van der Waals surface area contributed by atoms with Crippen LogP contribution in [0.15, 0.2) is 12.1 Å². The Balaban J connectivity index is 2.23. The maximum atomic E-state index is 10.5. The van der Waals surface area contributed by atoms with Crippen LogP contribution in [-0.2, 0) is 11.2 Å². The van der Waals surface area contributed by atoms with Crippen LogP contribution in [0.25, 0.3) is 0 Å². The van der Waals surface area contributed by atoms with Gasteiger partial charge in [0, 0.05) is 6.42 Å². The topological polar surface area (TPSA) is 55.8 Å². The number of benzene rings is 1. The lowest BCUT2D eigenvalue weighted by Crippen LogP contribution is -2.16. The van der Waals surface area contributed by atoms with E-state index in [2.05, 4.69) is 0 Å². The van der Waals surface area contributed by atoms with Crippen molar-refractivity contribution in [2.45, 2.75) is 12.8 Å². The first-order chi connectivity index (χ1) is 7.68. The number of halogens is 1. The Bertz CT molecular complexity index is 417. The molecule has 0 spiro atoms. The molecule has 1 aliphatic heterocycles. The minimum absolute atomic E-state index is 0.0549. The summed E-state index contributed by atoms with van der Waals surface area (Å²) in [5.41, 5.74) is 0.772. The molecule has 0 aliphatic carbocycles. The molecule has 1 aromatic carbocycles. The number of aryl methyl sites for hydroxylation is 1. The molecule has 1 aromatic rings. The molecule has 0 fully saturated rings. The van der Waals surface area contributed by atoms with Gasteiger partial charge in [0.05, 0.1) is 5.02 Å². The zero-order valence-corrected chi connectivity index (χ0v) is 9.29. The average molecular weight is 243 g/mol. The Kier molecular flexibility index (Phi) is 3.19. The van der Waals surface area contributed by atoms with E-state index in [4.69, 9.17) is 26.2 Å². The molecule has 2 rings (SSSR count). The standard InChI is InChI=1S/C11H11ClO4/c12-10-7(2-4-9(13)14)1-3-8-11(10)16-6-5-15-8/h1,3H,2,4-6H2,(H,13,14). The number of hydrogen-bond acceptors (Lipinski definition) is 3. The van der Waals surface area contributed by atoms with Crippen molar-refractivity contribution in [1.29, 1.82) is 0 Å². The molecule has 0 unspecified atom stereocenters. The number of carboxylic acids is 1. The van der Waals surface area contributed by atoms with E-state index < -0.39 is 5.97 Å². The monoisotopic (exact) mass is 242 g/mol. The first-order valence-electron chi connectivity index (χ1n) is 4.97. The van der Waals surface area contributed by atoms with E-state index in [0.29, 0.717) is 36.2 Å². The molecular weight excluding hydrogens is 232 g/mol. The van der Waals surface area contributed by atoms with Crippen molar-refractivity contribution in [3.63, 3.8) is 0 Å². The Morgan fingerprint density at radius 2 is 2.12 bits per heavy atom. The Morgan fingerprint density at radius 3 is 2.88 bits per heavy atom. The average Bonchev–Trinajstić information content (AvgIpc) is 2.28. The molecule has 0 bridgehead atoms. The van der Waals surface area contributed by atoms with Gasteiger partial charge in [-0.1, -0.05) is 17.7 Å². The van der Waals surface area contributed by atoms with Crippen LogP contribution < -0.4 is 9.47 Å². The van der Waals surface area contributed by atoms with E-state index in [-0.39, 0.29) is 6.42 Å². The van der Waals surface area contributed by atoms with Crippen LogP contribution >= 0.6 is 11.6 Å². The van der Waals surface area contributed by atoms with Gasteiger partial charge in [-0.15, -0.1) is 0 Å². The first kappa shape index (κ1) is 11.1. The fraction of sp³-hybridized carbons (Fsp3) is 0.364. The van der Waals surface area contributed by atoms with Crippen LogP contribution in [0.3, 0.4) is 0 Å². The molecule has 0 saturated heterocycles. The van der Waals surface area contributed by atoms with E-state index >= 15 is 0 Å². The molecule has 1 aliphatic rings. The first-order valence-corrected chi connectivity index (χ1v) is 5.35. The normalized spacial score (nSPS) is 13.6. The Morgan fingerprint density at radius 1 is 1.38 bits per heavy atom. The molecule has 1 N–H and O–H groups in total. The number of hydrogen-bond donors (Lipinski definition) is 1. The summed E-state index contributed by atoms with van der Waals surface area (Å²) >= 11 is 6.11. The van der Waals surface area contributed by atoms with Crippen LogP contribution in [-0.4, -0.2) is 24.3 Å². The summed E-state index contributed by atoms with van der Waals surface area (Å²) in [6.45, 7) is 0.979. The summed E-state index contributed by atoms with van der Waals surface area (Å²) in [5, 5.41) is 9.06. The fourth-order valence-corrected chi connectivity index (χ4v) is 1.86. The fourth-order valence-electron chi connectivity index (χ4n) is 1.56. The maximum Gasteiger partial charge on any atom is 0.303 e. The minimum atomic E-state index is -0.842. The highest BCUT2D eigenvalue weighted by molar-refractivity contribution is 6.33. The number of ether oxygens (including phenoxy) is 2. The molecule has 0 amide bonds. The van der Waals surface area contributed by atoms with Crippen molar-refractivity contribution in [3.05, 3.63) is 22.7 Å². The van der Waals surface area contributed by atoms with Gasteiger partial charge < -0.3 is 14.6 Å². The van der Waals surface area contributed by atoms with Crippen LogP contribution in [0.4, 0.5) is 0 Å². The highest BCUT2D eigenvalue weighted by atomic mass is 35.5. The van der Waals surface area contributed by atoms with Gasteiger partial charge in [0.1, 0.15) is 13.2 Å². The molecule has 0 saturated carbocycles. The lowest BCUT2D eigenvalue weighted by atomic mass is 10.1. The van der Waals surface area contributed by atoms with Crippen molar-refractivity contribution in [3.8, 4) is 11.5 Å². The largest absolute Gasteiger partial charge is 0.486 e. The quantitative estimate of drug-likeness (QED) is 0.882. The second-order valence-corrected chi connectivity index (χ2v) is 3.83. The Hall–Kier alpha value is -1.42. The van der Waals surface area contributed by atoms with Crippen LogP contribution in [0.5, 0.6) is 11.5 Å². The van der Waals surface area contributed by atoms with Crippen molar-refractivity contribution in [2.75, 3.05) is 13.2 Å².